The Morgan fingerprint density at radius 2 is 2.10 bits per heavy atom. The summed E-state index contributed by atoms with van der Waals surface area (Å²) in [7, 11) is -1.12. The van der Waals surface area contributed by atoms with E-state index in [4.69, 9.17) is 0 Å². The molecule has 0 spiro atoms. The molecule has 0 bridgehead atoms. The normalized spacial score (nSPS) is 20.9. The van der Waals surface area contributed by atoms with Crippen LogP contribution in [0.25, 0.3) is 0 Å². The van der Waals surface area contributed by atoms with Crippen LogP contribution in [0.1, 0.15) is 39.0 Å². The van der Waals surface area contributed by atoms with Crippen molar-refractivity contribution in [1.82, 2.24) is 0 Å². The zero-order valence-electron chi connectivity index (χ0n) is 6.73. The van der Waals surface area contributed by atoms with Crippen molar-refractivity contribution in [2.24, 2.45) is 0 Å². The van der Waals surface area contributed by atoms with E-state index in [9.17, 15) is 4.57 Å². The lowest BCUT2D eigenvalue weighted by atomic mass is 10.3. The molecule has 1 unspecified atom stereocenters. The van der Waals surface area contributed by atoms with Crippen molar-refractivity contribution in [1.29, 1.82) is 0 Å². The van der Waals surface area contributed by atoms with Gasteiger partial charge in [0.1, 0.15) is 0 Å². The maximum atomic E-state index is 11.3. The summed E-state index contributed by atoms with van der Waals surface area (Å²) < 4.78 is 11.3. The van der Waals surface area contributed by atoms with Crippen molar-refractivity contribution >= 4 is 7.80 Å². The summed E-state index contributed by atoms with van der Waals surface area (Å²) in [6, 6.07) is 0. The van der Waals surface area contributed by atoms with Crippen LogP contribution in [0.5, 0.6) is 0 Å². The number of hydrogen-bond donors (Lipinski definition) is 0. The van der Waals surface area contributed by atoms with E-state index < -0.39 is 7.80 Å². The lowest BCUT2D eigenvalue weighted by Gasteiger charge is -1.96. The third kappa shape index (κ3) is 2.88. The molecule has 1 rings (SSSR count). The van der Waals surface area contributed by atoms with Crippen LogP contribution in [0.3, 0.4) is 0 Å². The van der Waals surface area contributed by atoms with Gasteiger partial charge in [-0.05, 0) is 25.4 Å². The number of rotatable bonds is 5. The Bertz CT molecular complexity index is 118. The minimum absolute atomic E-state index is 0.668. The molecule has 1 fully saturated rings. The van der Waals surface area contributed by atoms with Crippen LogP contribution in [-0.4, -0.2) is 11.8 Å². The Labute approximate surface area is 64.0 Å². The molecule has 0 N–H and O–H groups in total. The second kappa shape index (κ2) is 4.18. The van der Waals surface area contributed by atoms with E-state index >= 15 is 0 Å². The highest BCUT2D eigenvalue weighted by molar-refractivity contribution is 7.45. The fourth-order valence-electron chi connectivity index (χ4n) is 1.16. The lowest BCUT2D eigenvalue weighted by Crippen LogP contribution is -1.82. The van der Waals surface area contributed by atoms with Crippen molar-refractivity contribution in [2.45, 2.75) is 44.7 Å². The molecule has 1 atom stereocenters. The van der Waals surface area contributed by atoms with Crippen LogP contribution in [0.4, 0.5) is 0 Å². The Balaban J connectivity index is 1.95. The van der Waals surface area contributed by atoms with Gasteiger partial charge < -0.3 is 4.57 Å². The van der Waals surface area contributed by atoms with Gasteiger partial charge in [-0.1, -0.05) is 19.8 Å². The van der Waals surface area contributed by atoms with Gasteiger partial charge >= 0.3 is 0 Å². The summed E-state index contributed by atoms with van der Waals surface area (Å²) in [5.74, 6) is 0. The molecule has 0 radical (unpaired) electrons. The van der Waals surface area contributed by atoms with E-state index in [1.54, 1.807) is 0 Å². The van der Waals surface area contributed by atoms with Gasteiger partial charge in [0.25, 0.3) is 0 Å². The molecule has 60 valence electrons. The molecule has 0 heterocycles. The van der Waals surface area contributed by atoms with Gasteiger partial charge in [-0.3, -0.25) is 0 Å². The SMILES string of the molecule is CCCCC[PH](=O)C1CC1. The lowest BCUT2D eigenvalue weighted by molar-refractivity contribution is 0.584. The van der Waals surface area contributed by atoms with E-state index in [2.05, 4.69) is 6.92 Å². The van der Waals surface area contributed by atoms with Crippen LogP contribution in [0.2, 0.25) is 0 Å². The first kappa shape index (κ1) is 8.33. The largest absolute Gasteiger partial charge is 0.327 e. The van der Waals surface area contributed by atoms with Gasteiger partial charge in [0.05, 0.1) is 7.80 Å². The fraction of sp³-hybridized carbons (Fsp3) is 1.00. The molecule has 1 nitrogen and oxygen atoms in total. The van der Waals surface area contributed by atoms with Crippen LogP contribution >= 0.6 is 7.80 Å². The van der Waals surface area contributed by atoms with Crippen molar-refractivity contribution in [3.05, 3.63) is 0 Å². The third-order valence-electron chi connectivity index (χ3n) is 2.06. The van der Waals surface area contributed by atoms with E-state index in [1.807, 2.05) is 0 Å². The standard InChI is InChI=1S/C8H17OP/c1-2-3-4-7-10(9)8-5-6-8/h8,10H,2-7H2,1H3. The monoisotopic (exact) mass is 160 g/mol. The van der Waals surface area contributed by atoms with Gasteiger partial charge in [-0.25, -0.2) is 0 Å². The third-order valence-corrected chi connectivity index (χ3v) is 4.39. The van der Waals surface area contributed by atoms with Crippen LogP contribution in [-0.2, 0) is 4.57 Å². The Kier molecular flexibility index (Phi) is 3.48. The molecular weight excluding hydrogens is 143 g/mol. The molecule has 1 aliphatic rings. The molecular formula is C8H17OP. The summed E-state index contributed by atoms with van der Waals surface area (Å²) in [4.78, 5) is 0. The molecule has 0 aliphatic heterocycles. The second-order valence-electron chi connectivity index (χ2n) is 3.20. The number of hydrogen-bond acceptors (Lipinski definition) is 1. The van der Waals surface area contributed by atoms with Crippen LogP contribution < -0.4 is 0 Å². The van der Waals surface area contributed by atoms with Gasteiger partial charge in [-0.2, -0.15) is 0 Å². The van der Waals surface area contributed by atoms with Crippen molar-refractivity contribution in [3.8, 4) is 0 Å². The maximum Gasteiger partial charge on any atom is 0.0791 e. The van der Waals surface area contributed by atoms with Crippen molar-refractivity contribution in [3.63, 3.8) is 0 Å². The molecule has 0 amide bonds. The summed E-state index contributed by atoms with van der Waals surface area (Å²) in [6.07, 6.45) is 7.25. The second-order valence-corrected chi connectivity index (χ2v) is 5.45. The van der Waals surface area contributed by atoms with Crippen molar-refractivity contribution < 1.29 is 4.57 Å². The van der Waals surface area contributed by atoms with E-state index in [0.29, 0.717) is 5.66 Å². The highest BCUT2D eigenvalue weighted by atomic mass is 31.1. The van der Waals surface area contributed by atoms with Crippen molar-refractivity contribution in [2.75, 3.05) is 6.16 Å². The first-order chi connectivity index (χ1) is 4.84. The summed E-state index contributed by atoms with van der Waals surface area (Å²) in [5.41, 5.74) is 0.668. The number of unbranched alkanes of at least 4 members (excludes halogenated alkanes) is 2. The molecule has 1 aliphatic carbocycles. The Morgan fingerprint density at radius 1 is 1.40 bits per heavy atom. The highest BCUT2D eigenvalue weighted by Gasteiger charge is 2.26. The zero-order chi connectivity index (χ0) is 7.40. The topological polar surface area (TPSA) is 17.1 Å². The fourth-order valence-corrected chi connectivity index (χ4v) is 2.98. The quantitative estimate of drug-likeness (QED) is 0.446. The van der Waals surface area contributed by atoms with Crippen LogP contribution in [0.15, 0.2) is 0 Å². The molecule has 10 heavy (non-hydrogen) atoms. The van der Waals surface area contributed by atoms with E-state index in [1.165, 1.54) is 32.1 Å². The highest BCUT2D eigenvalue weighted by Crippen LogP contribution is 2.45. The molecule has 0 saturated heterocycles. The van der Waals surface area contributed by atoms with E-state index in [-0.39, 0.29) is 0 Å². The summed E-state index contributed by atoms with van der Waals surface area (Å²) >= 11 is 0. The predicted molar refractivity (Wildman–Crippen MR) is 46.4 cm³/mol. The Morgan fingerprint density at radius 3 is 2.60 bits per heavy atom. The average Bonchev–Trinajstić information content (AvgIpc) is 2.69. The van der Waals surface area contributed by atoms with Gasteiger partial charge in [-0.15, -0.1) is 0 Å². The first-order valence-electron chi connectivity index (χ1n) is 4.37. The van der Waals surface area contributed by atoms with Gasteiger partial charge in [0.15, 0.2) is 0 Å². The summed E-state index contributed by atoms with van der Waals surface area (Å²) in [5, 5.41) is 0. The average molecular weight is 160 g/mol. The first-order valence-corrected chi connectivity index (χ1v) is 6.06. The minimum atomic E-state index is -1.12. The zero-order valence-corrected chi connectivity index (χ0v) is 7.73. The summed E-state index contributed by atoms with van der Waals surface area (Å²) in [6.45, 7) is 2.19. The van der Waals surface area contributed by atoms with E-state index in [0.717, 1.165) is 6.16 Å². The predicted octanol–water partition coefficient (Wildman–Crippen LogP) is 2.90. The Hall–Kier alpha value is 0.230. The molecule has 1 saturated carbocycles. The van der Waals surface area contributed by atoms with Gasteiger partial charge in [0.2, 0.25) is 0 Å². The molecule has 0 aromatic heterocycles. The minimum Gasteiger partial charge on any atom is -0.327 e. The molecule has 2 heteroatoms. The van der Waals surface area contributed by atoms with Crippen LogP contribution in [0, 0.1) is 0 Å². The molecule has 0 aromatic rings. The smallest absolute Gasteiger partial charge is 0.0791 e. The maximum absolute atomic E-state index is 11.3. The van der Waals surface area contributed by atoms with Gasteiger partial charge in [0, 0.05) is 5.66 Å². The molecule has 0 aromatic carbocycles.